The lowest BCUT2D eigenvalue weighted by Gasteiger charge is -2.47. The number of hydrogen-bond acceptors (Lipinski definition) is 3. The maximum Gasteiger partial charge on any atom is 0.203 e. The molecule has 2 aliphatic heterocycles. The van der Waals surface area contributed by atoms with Gasteiger partial charge < -0.3 is 14.8 Å². The Labute approximate surface area is 115 Å². The summed E-state index contributed by atoms with van der Waals surface area (Å²) in [5.74, 6) is 1.11. The minimum atomic E-state index is 0.617. The molecule has 1 N–H and O–H groups in total. The molecule has 4 nitrogen and oxygen atoms in total. The lowest BCUT2D eigenvalue weighted by Crippen LogP contribution is -2.53. The van der Waals surface area contributed by atoms with Crippen molar-refractivity contribution in [2.24, 2.45) is 0 Å². The van der Waals surface area contributed by atoms with E-state index >= 15 is 0 Å². The Balaban J connectivity index is 1.47. The van der Waals surface area contributed by atoms with Crippen molar-refractivity contribution in [3.05, 3.63) is 12.4 Å². The van der Waals surface area contributed by atoms with Crippen LogP contribution in [0.4, 0.5) is 5.95 Å². The molecule has 0 amide bonds. The van der Waals surface area contributed by atoms with E-state index < -0.39 is 0 Å². The van der Waals surface area contributed by atoms with Crippen molar-refractivity contribution < 1.29 is 0 Å². The van der Waals surface area contributed by atoms with Gasteiger partial charge in [-0.05, 0) is 45.6 Å². The minimum Gasteiger partial charge on any atom is -0.353 e. The summed E-state index contributed by atoms with van der Waals surface area (Å²) in [6.07, 6.45) is 13.5. The molecule has 1 aromatic rings. The summed E-state index contributed by atoms with van der Waals surface area (Å²) in [6, 6.07) is 2.91. The summed E-state index contributed by atoms with van der Waals surface area (Å²) < 4.78 is 2.34. The summed E-state index contributed by atoms with van der Waals surface area (Å²) in [5.41, 5.74) is 0. The number of aromatic nitrogens is 2. The average Bonchev–Trinajstić information content (AvgIpc) is 3.12. The molecular formula is C15H24N4. The average molecular weight is 260 g/mol. The fourth-order valence-corrected chi connectivity index (χ4v) is 3.99. The number of rotatable bonds is 3. The van der Waals surface area contributed by atoms with Crippen molar-refractivity contribution in [1.82, 2.24) is 14.5 Å². The molecule has 4 heteroatoms. The number of anilines is 1. The van der Waals surface area contributed by atoms with E-state index in [1.165, 1.54) is 44.9 Å². The molecule has 2 unspecified atom stereocenters. The molecule has 1 aromatic heterocycles. The molecule has 4 rings (SSSR count). The van der Waals surface area contributed by atoms with Crippen LogP contribution in [0.2, 0.25) is 0 Å². The molecule has 3 heterocycles. The third kappa shape index (κ3) is 2.16. The van der Waals surface area contributed by atoms with Crippen LogP contribution in [0.3, 0.4) is 0 Å². The first-order valence-electron chi connectivity index (χ1n) is 7.82. The van der Waals surface area contributed by atoms with Gasteiger partial charge in [-0.1, -0.05) is 6.42 Å². The van der Waals surface area contributed by atoms with E-state index in [2.05, 4.69) is 33.0 Å². The van der Waals surface area contributed by atoms with Gasteiger partial charge in [-0.2, -0.15) is 0 Å². The van der Waals surface area contributed by atoms with E-state index in [4.69, 9.17) is 0 Å². The fourth-order valence-electron chi connectivity index (χ4n) is 3.99. The number of hydrogen-bond donors (Lipinski definition) is 1. The molecule has 3 aliphatic rings. The second-order valence-electron chi connectivity index (χ2n) is 6.61. The third-order valence-corrected chi connectivity index (χ3v) is 5.28. The smallest absolute Gasteiger partial charge is 0.203 e. The van der Waals surface area contributed by atoms with Crippen LogP contribution in [0.25, 0.3) is 0 Å². The summed E-state index contributed by atoms with van der Waals surface area (Å²) in [4.78, 5) is 7.14. The summed E-state index contributed by atoms with van der Waals surface area (Å²) in [7, 11) is 2.32. The molecular weight excluding hydrogens is 236 g/mol. The molecule has 0 spiro atoms. The first-order valence-corrected chi connectivity index (χ1v) is 7.82. The third-order valence-electron chi connectivity index (χ3n) is 5.28. The summed E-state index contributed by atoms with van der Waals surface area (Å²) >= 11 is 0. The van der Waals surface area contributed by atoms with Crippen molar-refractivity contribution in [1.29, 1.82) is 0 Å². The standard InChI is InChI=1S/C15H24N4/c1-18-13-3-2-4-14(18)10-11(9-13)17-15-16-7-8-19(15)12-5-6-12/h7-8,11-14H,2-6,9-10H2,1H3,(H,16,17). The van der Waals surface area contributed by atoms with E-state index in [1.807, 2.05) is 6.20 Å². The summed E-state index contributed by atoms with van der Waals surface area (Å²) in [5, 5.41) is 3.73. The molecule has 2 atom stereocenters. The zero-order valence-corrected chi connectivity index (χ0v) is 11.8. The van der Waals surface area contributed by atoms with Crippen LogP contribution in [-0.4, -0.2) is 39.6 Å². The number of nitrogens with one attached hydrogen (secondary N) is 1. The Morgan fingerprint density at radius 1 is 1.11 bits per heavy atom. The SMILES string of the molecule is CN1C2CCCC1CC(Nc1nccn1C1CC1)C2. The van der Waals surface area contributed by atoms with Crippen LogP contribution >= 0.6 is 0 Å². The van der Waals surface area contributed by atoms with Gasteiger partial charge in [-0.3, -0.25) is 0 Å². The highest BCUT2D eigenvalue weighted by atomic mass is 15.3. The molecule has 2 bridgehead atoms. The Kier molecular flexibility index (Phi) is 2.79. The van der Waals surface area contributed by atoms with Gasteiger partial charge in [0.1, 0.15) is 0 Å². The fraction of sp³-hybridized carbons (Fsp3) is 0.800. The van der Waals surface area contributed by atoms with Gasteiger partial charge in [0.15, 0.2) is 0 Å². The molecule has 0 radical (unpaired) electrons. The molecule has 19 heavy (non-hydrogen) atoms. The second-order valence-corrected chi connectivity index (χ2v) is 6.61. The van der Waals surface area contributed by atoms with E-state index in [-0.39, 0.29) is 0 Å². The zero-order chi connectivity index (χ0) is 12.8. The van der Waals surface area contributed by atoms with Gasteiger partial charge in [0.25, 0.3) is 0 Å². The van der Waals surface area contributed by atoms with Gasteiger partial charge in [0.05, 0.1) is 0 Å². The van der Waals surface area contributed by atoms with E-state index in [1.54, 1.807) is 0 Å². The van der Waals surface area contributed by atoms with Gasteiger partial charge in [-0.25, -0.2) is 4.98 Å². The Morgan fingerprint density at radius 3 is 2.53 bits per heavy atom. The van der Waals surface area contributed by atoms with Gasteiger partial charge >= 0.3 is 0 Å². The maximum absolute atomic E-state index is 4.52. The predicted octanol–water partition coefficient (Wildman–Crippen LogP) is 2.65. The highest BCUT2D eigenvalue weighted by Gasteiger charge is 2.36. The topological polar surface area (TPSA) is 33.1 Å². The van der Waals surface area contributed by atoms with Crippen LogP contribution in [0.5, 0.6) is 0 Å². The van der Waals surface area contributed by atoms with Crippen LogP contribution in [0.15, 0.2) is 12.4 Å². The number of fused-ring (bicyclic) bond motifs is 2. The van der Waals surface area contributed by atoms with Crippen LogP contribution in [-0.2, 0) is 0 Å². The molecule has 1 aliphatic carbocycles. The van der Waals surface area contributed by atoms with Gasteiger partial charge in [0.2, 0.25) is 5.95 Å². The Hall–Kier alpha value is -1.03. The highest BCUT2D eigenvalue weighted by molar-refractivity contribution is 5.30. The molecule has 3 fully saturated rings. The lowest BCUT2D eigenvalue weighted by molar-refractivity contribution is 0.0606. The quantitative estimate of drug-likeness (QED) is 0.907. The molecule has 1 saturated carbocycles. The highest BCUT2D eigenvalue weighted by Crippen LogP contribution is 2.38. The van der Waals surface area contributed by atoms with Crippen LogP contribution < -0.4 is 5.32 Å². The number of nitrogens with zero attached hydrogens (tertiary/aromatic N) is 3. The molecule has 2 saturated heterocycles. The number of imidazole rings is 1. The van der Waals surface area contributed by atoms with Crippen molar-refractivity contribution in [2.45, 2.75) is 69.1 Å². The van der Waals surface area contributed by atoms with Crippen molar-refractivity contribution in [3.8, 4) is 0 Å². The number of piperidine rings is 2. The van der Waals surface area contributed by atoms with Crippen LogP contribution in [0, 0.1) is 0 Å². The lowest BCUT2D eigenvalue weighted by atomic mass is 9.82. The summed E-state index contributed by atoms with van der Waals surface area (Å²) in [6.45, 7) is 0. The largest absolute Gasteiger partial charge is 0.353 e. The minimum absolute atomic E-state index is 0.617. The Morgan fingerprint density at radius 2 is 1.84 bits per heavy atom. The van der Waals surface area contributed by atoms with Crippen molar-refractivity contribution in [2.75, 3.05) is 12.4 Å². The van der Waals surface area contributed by atoms with Gasteiger partial charge in [0, 0.05) is 36.6 Å². The van der Waals surface area contributed by atoms with E-state index in [0.29, 0.717) is 6.04 Å². The van der Waals surface area contributed by atoms with E-state index in [9.17, 15) is 0 Å². The van der Waals surface area contributed by atoms with Crippen molar-refractivity contribution in [3.63, 3.8) is 0 Å². The molecule has 104 valence electrons. The molecule has 0 aromatic carbocycles. The second kappa shape index (κ2) is 4.51. The monoisotopic (exact) mass is 260 g/mol. The van der Waals surface area contributed by atoms with Crippen LogP contribution in [0.1, 0.15) is 51.0 Å². The first kappa shape index (κ1) is 11.8. The van der Waals surface area contributed by atoms with Crippen molar-refractivity contribution >= 4 is 5.95 Å². The normalized spacial score (nSPS) is 35.3. The Bertz CT molecular complexity index is 437. The van der Waals surface area contributed by atoms with Gasteiger partial charge in [-0.15, -0.1) is 0 Å². The van der Waals surface area contributed by atoms with E-state index in [0.717, 1.165) is 24.1 Å². The first-order chi connectivity index (χ1) is 9.31. The zero-order valence-electron chi connectivity index (χ0n) is 11.8. The maximum atomic E-state index is 4.52. The predicted molar refractivity (Wildman–Crippen MR) is 76.3 cm³/mol.